The van der Waals surface area contributed by atoms with Crippen LogP contribution in [0.1, 0.15) is 25.0 Å². The second-order valence-corrected chi connectivity index (χ2v) is 9.89. The first-order chi connectivity index (χ1) is 14.0. The Bertz CT molecular complexity index is 1330. The lowest BCUT2D eigenvalue weighted by molar-refractivity contribution is 0.307. The summed E-state index contributed by atoms with van der Waals surface area (Å²) in [6, 6.07) is 7.09. The van der Waals surface area contributed by atoms with Crippen LogP contribution in [0.4, 0.5) is 0 Å². The molecule has 1 heterocycles. The summed E-state index contributed by atoms with van der Waals surface area (Å²) in [5.41, 5.74) is 1.87. The average molecular weight is 453 g/mol. The topological polar surface area (TPSA) is 125 Å². The summed E-state index contributed by atoms with van der Waals surface area (Å²) in [6.45, 7) is 7.98. The minimum atomic E-state index is -4.48. The van der Waals surface area contributed by atoms with Crippen molar-refractivity contribution in [1.29, 1.82) is 0 Å². The predicted octanol–water partition coefficient (Wildman–Crippen LogP) is 3.07. The predicted molar refractivity (Wildman–Crippen MR) is 115 cm³/mol. The van der Waals surface area contributed by atoms with Gasteiger partial charge < -0.3 is 4.90 Å². The molecule has 3 rings (SSSR count). The van der Waals surface area contributed by atoms with Crippen LogP contribution >= 0.6 is 0 Å². The number of likely N-dealkylation sites (N-methyl/N-ethyl adjacent to an activating group) is 1. The minimum absolute atomic E-state index is 0.209. The van der Waals surface area contributed by atoms with Crippen molar-refractivity contribution < 1.29 is 25.9 Å². The molecule has 0 radical (unpaired) electrons. The van der Waals surface area contributed by atoms with Crippen LogP contribution in [0.3, 0.4) is 0 Å². The van der Waals surface area contributed by atoms with E-state index in [9.17, 15) is 25.9 Å². The number of hydrogen-bond donors (Lipinski definition) is 2. The molecule has 8 nitrogen and oxygen atoms in total. The van der Waals surface area contributed by atoms with Crippen LogP contribution in [0.15, 0.2) is 40.1 Å². The SMILES string of the molecule is CCN(CC)CCc1c(S(=O)(=O)O)ccc2c(C)c3ccc(S(=O)(=O)O)cc3nc12. The van der Waals surface area contributed by atoms with Crippen molar-refractivity contribution in [1.82, 2.24) is 9.88 Å². The highest BCUT2D eigenvalue weighted by Gasteiger charge is 2.21. The van der Waals surface area contributed by atoms with Gasteiger partial charge in [-0.25, -0.2) is 4.98 Å². The first-order valence-corrected chi connectivity index (χ1v) is 12.4. The first-order valence-electron chi connectivity index (χ1n) is 9.50. The summed E-state index contributed by atoms with van der Waals surface area (Å²) < 4.78 is 66.2. The molecule has 0 fully saturated rings. The van der Waals surface area contributed by atoms with E-state index in [1.54, 1.807) is 12.1 Å². The highest BCUT2D eigenvalue weighted by molar-refractivity contribution is 7.86. The van der Waals surface area contributed by atoms with E-state index in [0.29, 0.717) is 40.3 Å². The van der Waals surface area contributed by atoms with Crippen molar-refractivity contribution in [3.05, 3.63) is 41.5 Å². The maximum atomic E-state index is 12.0. The zero-order chi connectivity index (χ0) is 22.3. The number of aromatic nitrogens is 1. The van der Waals surface area contributed by atoms with Gasteiger partial charge in [0.1, 0.15) is 0 Å². The van der Waals surface area contributed by atoms with Gasteiger partial charge in [0.2, 0.25) is 0 Å². The molecule has 10 heteroatoms. The van der Waals surface area contributed by atoms with Gasteiger partial charge in [0, 0.05) is 22.9 Å². The molecule has 2 N–H and O–H groups in total. The van der Waals surface area contributed by atoms with Gasteiger partial charge in [0.25, 0.3) is 20.2 Å². The Morgan fingerprint density at radius 3 is 2.13 bits per heavy atom. The van der Waals surface area contributed by atoms with Gasteiger partial charge in [0.05, 0.1) is 20.8 Å². The summed E-state index contributed by atoms with van der Waals surface area (Å²) in [6.07, 6.45) is 0.337. The van der Waals surface area contributed by atoms with Gasteiger partial charge in [0.15, 0.2) is 0 Å². The number of benzene rings is 2. The van der Waals surface area contributed by atoms with Gasteiger partial charge in [-0.15, -0.1) is 0 Å². The molecule has 2 aromatic carbocycles. The van der Waals surface area contributed by atoms with Crippen LogP contribution in [-0.4, -0.2) is 55.5 Å². The highest BCUT2D eigenvalue weighted by Crippen LogP contribution is 2.32. The average Bonchev–Trinajstić information content (AvgIpc) is 2.67. The Kier molecular flexibility index (Phi) is 6.17. The summed E-state index contributed by atoms with van der Waals surface area (Å²) in [7, 11) is -8.89. The fourth-order valence-corrected chi connectivity index (χ4v) is 4.94. The van der Waals surface area contributed by atoms with Gasteiger partial charge in [-0.05, 0) is 50.2 Å². The van der Waals surface area contributed by atoms with Gasteiger partial charge >= 0.3 is 0 Å². The molecule has 0 atom stereocenters. The number of hydrogen-bond acceptors (Lipinski definition) is 6. The van der Waals surface area contributed by atoms with Crippen LogP contribution in [-0.2, 0) is 26.7 Å². The third-order valence-electron chi connectivity index (χ3n) is 5.40. The Balaban J connectivity index is 2.35. The van der Waals surface area contributed by atoms with E-state index >= 15 is 0 Å². The van der Waals surface area contributed by atoms with E-state index in [-0.39, 0.29) is 9.79 Å². The smallest absolute Gasteiger partial charge is 0.294 e. The molecule has 0 aliphatic carbocycles. The Labute approximate surface area is 176 Å². The Morgan fingerprint density at radius 1 is 0.933 bits per heavy atom. The molecule has 0 bridgehead atoms. The highest BCUT2D eigenvalue weighted by atomic mass is 32.2. The third-order valence-corrected chi connectivity index (χ3v) is 7.19. The van der Waals surface area contributed by atoms with E-state index in [1.807, 2.05) is 20.8 Å². The molecule has 0 saturated heterocycles. The van der Waals surface area contributed by atoms with Crippen LogP contribution in [0.5, 0.6) is 0 Å². The summed E-state index contributed by atoms with van der Waals surface area (Å²) in [5, 5.41) is 1.40. The van der Waals surface area contributed by atoms with Crippen molar-refractivity contribution in [2.45, 2.75) is 37.0 Å². The molecule has 0 aliphatic rings. The second-order valence-electron chi connectivity index (χ2n) is 7.08. The molecular formula is C20H24N2O6S2. The summed E-state index contributed by atoms with van der Waals surface area (Å²) in [5.74, 6) is 0. The molecule has 0 unspecified atom stereocenters. The Hall–Kier alpha value is -2.11. The van der Waals surface area contributed by atoms with E-state index in [0.717, 1.165) is 18.7 Å². The monoisotopic (exact) mass is 452 g/mol. The van der Waals surface area contributed by atoms with Crippen molar-refractivity contribution in [3.8, 4) is 0 Å². The van der Waals surface area contributed by atoms with Crippen LogP contribution < -0.4 is 0 Å². The van der Waals surface area contributed by atoms with E-state index in [2.05, 4.69) is 9.88 Å². The fraction of sp³-hybridized carbons (Fsp3) is 0.350. The zero-order valence-corrected chi connectivity index (χ0v) is 18.6. The van der Waals surface area contributed by atoms with Crippen molar-refractivity contribution >= 4 is 42.0 Å². The standard InChI is InChI=1S/C20H24N2O6S2/c1-4-22(5-2)11-10-17-19(30(26,27)28)9-8-16-13(3)15-7-6-14(29(23,24)25)12-18(15)21-20(16)17/h6-9,12H,4-5,10-11H2,1-3H3,(H,23,24,25)(H,26,27,28). The molecular weight excluding hydrogens is 428 g/mol. The van der Waals surface area contributed by atoms with Gasteiger partial charge in [-0.2, -0.15) is 16.8 Å². The molecule has 0 spiro atoms. The van der Waals surface area contributed by atoms with E-state index in [1.165, 1.54) is 18.2 Å². The van der Waals surface area contributed by atoms with Crippen LogP contribution in [0.2, 0.25) is 0 Å². The molecule has 1 aromatic heterocycles. The molecule has 3 aromatic rings. The molecule has 162 valence electrons. The molecule has 0 amide bonds. The lowest BCUT2D eigenvalue weighted by Crippen LogP contribution is -2.26. The van der Waals surface area contributed by atoms with Crippen LogP contribution in [0, 0.1) is 6.92 Å². The number of aryl methyl sites for hydroxylation is 1. The van der Waals surface area contributed by atoms with Crippen molar-refractivity contribution in [2.75, 3.05) is 19.6 Å². The lowest BCUT2D eigenvalue weighted by atomic mass is 9.99. The maximum absolute atomic E-state index is 12.0. The largest absolute Gasteiger partial charge is 0.304 e. The van der Waals surface area contributed by atoms with Crippen molar-refractivity contribution in [3.63, 3.8) is 0 Å². The third kappa shape index (κ3) is 4.33. The normalized spacial score (nSPS) is 12.9. The zero-order valence-electron chi connectivity index (χ0n) is 17.0. The minimum Gasteiger partial charge on any atom is -0.304 e. The number of fused-ring (bicyclic) bond motifs is 2. The number of nitrogens with zero attached hydrogens (tertiary/aromatic N) is 2. The maximum Gasteiger partial charge on any atom is 0.294 e. The lowest BCUT2D eigenvalue weighted by Gasteiger charge is -2.20. The molecule has 0 saturated carbocycles. The van der Waals surface area contributed by atoms with E-state index < -0.39 is 20.2 Å². The summed E-state index contributed by atoms with van der Waals surface area (Å²) >= 11 is 0. The number of rotatable bonds is 7. The van der Waals surface area contributed by atoms with Crippen molar-refractivity contribution in [2.24, 2.45) is 0 Å². The van der Waals surface area contributed by atoms with Gasteiger partial charge in [-0.3, -0.25) is 9.11 Å². The van der Waals surface area contributed by atoms with Gasteiger partial charge in [-0.1, -0.05) is 26.0 Å². The number of pyridine rings is 1. The first kappa shape index (κ1) is 22.6. The Morgan fingerprint density at radius 2 is 1.57 bits per heavy atom. The fourth-order valence-electron chi connectivity index (χ4n) is 3.69. The van der Waals surface area contributed by atoms with Crippen LogP contribution in [0.25, 0.3) is 21.8 Å². The van der Waals surface area contributed by atoms with E-state index in [4.69, 9.17) is 0 Å². The second kappa shape index (κ2) is 8.20. The molecule has 30 heavy (non-hydrogen) atoms. The summed E-state index contributed by atoms with van der Waals surface area (Å²) in [4.78, 5) is 6.17. The molecule has 0 aliphatic heterocycles. The quantitative estimate of drug-likeness (QED) is 0.414.